The monoisotopic (exact) mass is 291 g/mol. The van der Waals surface area contributed by atoms with Crippen molar-refractivity contribution in [1.29, 1.82) is 5.26 Å². The van der Waals surface area contributed by atoms with E-state index in [9.17, 15) is 10.1 Å². The quantitative estimate of drug-likeness (QED) is 0.864. The Bertz CT molecular complexity index is 549. The number of hydrogen-bond donors (Lipinski definition) is 1. The summed E-state index contributed by atoms with van der Waals surface area (Å²) in [7, 11) is 0. The first-order chi connectivity index (χ1) is 9.62. The van der Waals surface area contributed by atoms with Gasteiger partial charge in [0.2, 0.25) is 0 Å². The maximum Gasteiger partial charge on any atom is 0.251 e. The molecule has 1 saturated carbocycles. The third-order valence-corrected chi connectivity index (χ3v) is 5.11. The van der Waals surface area contributed by atoms with E-state index in [1.807, 2.05) is 6.92 Å². The fraction of sp³-hybridized carbons (Fsp3) is 0.667. The summed E-state index contributed by atoms with van der Waals surface area (Å²) in [4.78, 5) is 18.6. The Hall–Kier alpha value is -1.28. The van der Waals surface area contributed by atoms with Gasteiger partial charge in [-0.3, -0.25) is 4.79 Å². The van der Waals surface area contributed by atoms with Crippen molar-refractivity contribution in [3.05, 3.63) is 22.1 Å². The molecule has 1 fully saturated rings. The molecule has 2 rings (SSSR count). The molecule has 4 nitrogen and oxygen atoms in total. The van der Waals surface area contributed by atoms with Gasteiger partial charge >= 0.3 is 0 Å². The lowest BCUT2D eigenvalue weighted by molar-refractivity contribution is 0.306. The van der Waals surface area contributed by atoms with Crippen LogP contribution in [0, 0.1) is 30.1 Å². The lowest BCUT2D eigenvalue weighted by Gasteiger charge is -2.31. The van der Waals surface area contributed by atoms with E-state index in [0.717, 1.165) is 25.0 Å². The second-order valence-corrected chi connectivity index (χ2v) is 6.78. The molecular weight excluding hydrogens is 270 g/mol. The Morgan fingerprint density at radius 1 is 1.55 bits per heavy atom. The fourth-order valence-electron chi connectivity index (χ4n) is 2.91. The highest BCUT2D eigenvalue weighted by Crippen LogP contribution is 2.39. The van der Waals surface area contributed by atoms with Gasteiger partial charge in [-0.25, -0.2) is 4.98 Å². The number of aryl methyl sites for hydroxylation is 1. The molecule has 1 aromatic heterocycles. The van der Waals surface area contributed by atoms with E-state index in [0.29, 0.717) is 11.1 Å². The zero-order valence-electron chi connectivity index (χ0n) is 12.1. The Labute approximate surface area is 124 Å². The zero-order chi connectivity index (χ0) is 14.5. The number of nitriles is 1. The first-order valence-electron chi connectivity index (χ1n) is 7.26. The van der Waals surface area contributed by atoms with Gasteiger partial charge in [0.15, 0.2) is 5.16 Å². The highest BCUT2D eigenvalue weighted by atomic mass is 32.2. The van der Waals surface area contributed by atoms with Crippen molar-refractivity contribution in [3.8, 4) is 6.07 Å². The first-order valence-corrected chi connectivity index (χ1v) is 8.14. The van der Waals surface area contributed by atoms with Crippen LogP contribution in [0.1, 0.15) is 44.7 Å². The van der Waals surface area contributed by atoms with Gasteiger partial charge in [0.25, 0.3) is 5.56 Å². The molecule has 0 aliphatic heterocycles. The average molecular weight is 291 g/mol. The number of nitrogens with one attached hydrogen (secondary N) is 1. The van der Waals surface area contributed by atoms with E-state index < -0.39 is 0 Å². The van der Waals surface area contributed by atoms with Crippen molar-refractivity contribution in [2.45, 2.75) is 56.4 Å². The summed E-state index contributed by atoms with van der Waals surface area (Å²) in [5.74, 6) is 0.776. The normalized spacial score (nSPS) is 26.1. The SMILES string of the molecule is CCCC1CCC(C#N)C(Sc2nc(C)cc(=O)[nH]2)C1. The standard InChI is InChI=1S/C15H21N3OS/c1-3-4-11-5-6-12(9-16)13(8-11)20-15-17-10(2)7-14(19)18-15/h7,11-13H,3-6,8H2,1-2H3,(H,17,18,19). The second-order valence-electron chi connectivity index (χ2n) is 5.55. The summed E-state index contributed by atoms with van der Waals surface area (Å²) in [6, 6.07) is 3.92. The van der Waals surface area contributed by atoms with Gasteiger partial charge in [0, 0.05) is 17.0 Å². The van der Waals surface area contributed by atoms with Crippen molar-refractivity contribution >= 4 is 11.8 Å². The lowest BCUT2D eigenvalue weighted by Crippen LogP contribution is -2.27. The van der Waals surface area contributed by atoms with Crippen LogP contribution in [-0.4, -0.2) is 15.2 Å². The number of rotatable bonds is 4. The lowest BCUT2D eigenvalue weighted by atomic mass is 9.80. The second kappa shape index (κ2) is 6.94. The molecule has 0 spiro atoms. The van der Waals surface area contributed by atoms with Crippen LogP contribution in [0.15, 0.2) is 16.0 Å². The van der Waals surface area contributed by atoms with Gasteiger partial charge in [0.05, 0.1) is 12.0 Å². The van der Waals surface area contributed by atoms with Gasteiger partial charge in [-0.05, 0) is 32.1 Å². The van der Waals surface area contributed by atoms with Gasteiger partial charge in [-0.1, -0.05) is 31.5 Å². The van der Waals surface area contributed by atoms with E-state index in [1.54, 1.807) is 11.8 Å². The third kappa shape index (κ3) is 3.86. The Balaban J connectivity index is 2.11. The van der Waals surface area contributed by atoms with E-state index in [2.05, 4.69) is 23.0 Å². The number of aromatic amines is 1. The number of H-pyrrole nitrogens is 1. The Morgan fingerprint density at radius 3 is 3.00 bits per heavy atom. The largest absolute Gasteiger partial charge is 0.301 e. The molecule has 5 heteroatoms. The zero-order valence-corrected chi connectivity index (χ0v) is 12.9. The minimum Gasteiger partial charge on any atom is -0.301 e. The van der Waals surface area contributed by atoms with Crippen LogP contribution >= 0.6 is 11.8 Å². The average Bonchev–Trinajstić information content (AvgIpc) is 2.38. The highest BCUT2D eigenvalue weighted by Gasteiger charge is 2.31. The molecule has 1 heterocycles. The Morgan fingerprint density at radius 2 is 2.35 bits per heavy atom. The molecular formula is C15H21N3OS. The molecule has 0 radical (unpaired) electrons. The van der Waals surface area contributed by atoms with Crippen LogP contribution in [0.3, 0.4) is 0 Å². The molecule has 0 bridgehead atoms. The van der Waals surface area contributed by atoms with Crippen molar-refractivity contribution in [2.75, 3.05) is 0 Å². The van der Waals surface area contributed by atoms with Crippen LogP contribution in [0.4, 0.5) is 0 Å². The molecule has 0 amide bonds. The van der Waals surface area contributed by atoms with Crippen LogP contribution < -0.4 is 5.56 Å². The number of thioether (sulfide) groups is 1. The third-order valence-electron chi connectivity index (χ3n) is 3.87. The van der Waals surface area contributed by atoms with Crippen LogP contribution in [0.2, 0.25) is 0 Å². The van der Waals surface area contributed by atoms with E-state index >= 15 is 0 Å². The van der Waals surface area contributed by atoms with Crippen molar-refractivity contribution < 1.29 is 0 Å². The molecule has 20 heavy (non-hydrogen) atoms. The summed E-state index contributed by atoms with van der Waals surface area (Å²) < 4.78 is 0. The smallest absolute Gasteiger partial charge is 0.251 e. The number of nitrogens with zero attached hydrogens (tertiary/aromatic N) is 2. The van der Waals surface area contributed by atoms with Crippen LogP contribution in [0.25, 0.3) is 0 Å². The molecule has 3 unspecified atom stereocenters. The minimum atomic E-state index is -0.116. The number of aromatic nitrogens is 2. The predicted octanol–water partition coefficient (Wildman–Crippen LogP) is 3.28. The molecule has 1 aliphatic rings. The molecule has 1 N–H and O–H groups in total. The minimum absolute atomic E-state index is 0.0684. The van der Waals surface area contributed by atoms with Crippen LogP contribution in [-0.2, 0) is 0 Å². The Kier molecular flexibility index (Phi) is 5.24. The van der Waals surface area contributed by atoms with E-state index in [1.165, 1.54) is 18.9 Å². The fourth-order valence-corrected chi connectivity index (χ4v) is 4.28. The van der Waals surface area contributed by atoms with Gasteiger partial charge in [-0.2, -0.15) is 5.26 Å². The highest BCUT2D eigenvalue weighted by molar-refractivity contribution is 7.99. The maximum atomic E-state index is 11.5. The molecule has 1 aromatic rings. The maximum absolute atomic E-state index is 11.5. The van der Waals surface area contributed by atoms with Gasteiger partial charge in [0.1, 0.15) is 0 Å². The van der Waals surface area contributed by atoms with E-state index in [-0.39, 0.29) is 16.7 Å². The van der Waals surface area contributed by atoms with E-state index in [4.69, 9.17) is 0 Å². The summed E-state index contributed by atoms with van der Waals surface area (Å²) >= 11 is 1.57. The topological polar surface area (TPSA) is 69.5 Å². The molecule has 0 saturated heterocycles. The van der Waals surface area contributed by atoms with Gasteiger partial charge in [-0.15, -0.1) is 0 Å². The molecule has 0 aromatic carbocycles. The number of hydrogen-bond acceptors (Lipinski definition) is 4. The summed E-state index contributed by atoms with van der Waals surface area (Å²) in [6.07, 6.45) is 5.59. The summed E-state index contributed by atoms with van der Waals surface area (Å²) in [5, 5.41) is 10.2. The van der Waals surface area contributed by atoms with Gasteiger partial charge < -0.3 is 4.98 Å². The van der Waals surface area contributed by atoms with Crippen molar-refractivity contribution in [2.24, 2.45) is 11.8 Å². The molecule has 1 aliphatic carbocycles. The predicted molar refractivity (Wildman–Crippen MR) is 80.6 cm³/mol. The molecule has 108 valence electrons. The van der Waals surface area contributed by atoms with Crippen molar-refractivity contribution in [1.82, 2.24) is 9.97 Å². The van der Waals surface area contributed by atoms with Crippen LogP contribution in [0.5, 0.6) is 0 Å². The summed E-state index contributed by atoms with van der Waals surface area (Å²) in [6.45, 7) is 4.03. The molecule has 3 atom stereocenters. The van der Waals surface area contributed by atoms with Crippen molar-refractivity contribution in [3.63, 3.8) is 0 Å². The first kappa shape index (κ1) is 15.1. The summed E-state index contributed by atoms with van der Waals surface area (Å²) in [5.41, 5.74) is 0.611.